The van der Waals surface area contributed by atoms with Crippen molar-refractivity contribution in [3.8, 4) is 0 Å². The Labute approximate surface area is 161 Å². The van der Waals surface area contributed by atoms with Crippen LogP contribution in [0.5, 0.6) is 0 Å². The molecule has 0 fully saturated rings. The largest absolute Gasteiger partial charge is 0.344 e. The zero-order chi connectivity index (χ0) is 17.2. The third kappa shape index (κ3) is 25.1. The van der Waals surface area contributed by atoms with Gasteiger partial charge in [-0.3, -0.25) is 0 Å². The molecular formula is C18H42NO2PS2. The lowest BCUT2D eigenvalue weighted by Gasteiger charge is -2.08. The summed E-state index contributed by atoms with van der Waals surface area (Å²) in [7, 11) is 0. The predicted octanol–water partition coefficient (Wildman–Crippen LogP) is 7.57. The molecule has 0 aromatic rings. The molecule has 0 bridgehead atoms. The van der Waals surface area contributed by atoms with Gasteiger partial charge in [-0.25, -0.2) is 0 Å². The standard InChI is InChI=1S/C18H39O2PS2.H3N/c1-2-3-4-5-6-7-8-9-10-11-12-13-14-15-16-17-18-20-21(19,22)23;/h2-18H2,1H3,(H2,19,22,23);1H3. The number of rotatable bonds is 18. The molecule has 0 rings (SSSR count). The van der Waals surface area contributed by atoms with Gasteiger partial charge in [0.05, 0.1) is 6.61 Å². The summed E-state index contributed by atoms with van der Waals surface area (Å²) in [4.78, 5) is 9.21. The fraction of sp³-hybridized carbons (Fsp3) is 1.00. The average Bonchev–Trinajstić information content (AvgIpc) is 2.49. The van der Waals surface area contributed by atoms with Crippen LogP contribution in [0.2, 0.25) is 0 Å². The fourth-order valence-electron chi connectivity index (χ4n) is 2.83. The Hall–Kier alpha value is 0.880. The minimum absolute atomic E-state index is 0. The molecule has 0 aliphatic rings. The maximum Gasteiger partial charge on any atom is 0.241 e. The number of hydrogen-bond acceptors (Lipinski definition) is 3. The Kier molecular flexibility index (Phi) is 22.8. The van der Waals surface area contributed by atoms with Crippen LogP contribution in [0.25, 0.3) is 0 Å². The minimum atomic E-state index is -2.73. The van der Waals surface area contributed by atoms with E-state index in [-0.39, 0.29) is 6.15 Å². The summed E-state index contributed by atoms with van der Waals surface area (Å²) in [6, 6.07) is 0. The molecule has 0 saturated heterocycles. The second-order valence-electron chi connectivity index (χ2n) is 6.63. The van der Waals surface area contributed by atoms with Crippen LogP contribution >= 0.6 is 17.9 Å². The topological polar surface area (TPSA) is 64.5 Å². The SMILES string of the molecule is CCCCCCCCCCCCCCCCCCOP(O)(=S)S.N. The second kappa shape index (κ2) is 20.2. The molecule has 0 heterocycles. The maximum atomic E-state index is 9.21. The van der Waals surface area contributed by atoms with Crippen LogP contribution in [-0.2, 0) is 16.3 Å². The summed E-state index contributed by atoms with van der Waals surface area (Å²) in [5, 5.41) is 0. The molecular weight excluding hydrogens is 357 g/mol. The molecule has 24 heavy (non-hydrogen) atoms. The van der Waals surface area contributed by atoms with Gasteiger partial charge in [0.2, 0.25) is 5.69 Å². The molecule has 0 aromatic heterocycles. The predicted molar refractivity (Wildman–Crippen MR) is 116 cm³/mol. The van der Waals surface area contributed by atoms with E-state index < -0.39 is 5.69 Å². The highest BCUT2D eigenvalue weighted by Gasteiger charge is 2.04. The molecule has 148 valence electrons. The molecule has 0 spiro atoms. The third-order valence-corrected chi connectivity index (χ3v) is 5.44. The van der Waals surface area contributed by atoms with Crippen molar-refractivity contribution in [2.75, 3.05) is 6.61 Å². The van der Waals surface area contributed by atoms with E-state index >= 15 is 0 Å². The molecule has 3 nitrogen and oxygen atoms in total. The van der Waals surface area contributed by atoms with Crippen LogP contribution in [0.15, 0.2) is 0 Å². The van der Waals surface area contributed by atoms with Crippen molar-refractivity contribution in [3.63, 3.8) is 0 Å². The number of unbranched alkanes of at least 4 members (excludes halogenated alkanes) is 15. The van der Waals surface area contributed by atoms with E-state index in [9.17, 15) is 4.89 Å². The first-order valence-corrected chi connectivity index (χ1v) is 13.6. The zero-order valence-corrected chi connectivity index (χ0v) is 18.5. The van der Waals surface area contributed by atoms with Crippen LogP contribution in [0.3, 0.4) is 0 Å². The number of hydrogen-bond donors (Lipinski definition) is 3. The van der Waals surface area contributed by atoms with Gasteiger partial charge in [-0.05, 0) is 18.2 Å². The minimum Gasteiger partial charge on any atom is -0.344 e. The van der Waals surface area contributed by atoms with Crippen molar-refractivity contribution in [1.29, 1.82) is 0 Å². The van der Waals surface area contributed by atoms with Gasteiger partial charge in [0, 0.05) is 0 Å². The van der Waals surface area contributed by atoms with Gasteiger partial charge >= 0.3 is 0 Å². The lowest BCUT2D eigenvalue weighted by Crippen LogP contribution is -1.89. The van der Waals surface area contributed by atoms with Crippen molar-refractivity contribution in [1.82, 2.24) is 6.15 Å². The maximum absolute atomic E-state index is 9.21. The molecule has 0 aliphatic heterocycles. The highest BCUT2D eigenvalue weighted by molar-refractivity contribution is 8.59. The van der Waals surface area contributed by atoms with Gasteiger partial charge in [-0.15, -0.1) is 0 Å². The van der Waals surface area contributed by atoms with E-state index in [2.05, 4.69) is 19.2 Å². The van der Waals surface area contributed by atoms with E-state index in [1.54, 1.807) is 0 Å². The normalized spacial score (nSPS) is 13.5. The van der Waals surface area contributed by atoms with Crippen LogP contribution in [0.4, 0.5) is 0 Å². The van der Waals surface area contributed by atoms with E-state index in [4.69, 9.17) is 16.3 Å². The van der Waals surface area contributed by atoms with Crippen molar-refractivity contribution < 1.29 is 9.42 Å². The lowest BCUT2D eigenvalue weighted by molar-refractivity contribution is 0.307. The summed E-state index contributed by atoms with van der Waals surface area (Å²) < 4.78 is 5.09. The van der Waals surface area contributed by atoms with Gasteiger partial charge in [0.1, 0.15) is 0 Å². The Balaban J connectivity index is 0. The Morgan fingerprint density at radius 1 is 0.708 bits per heavy atom. The number of thiol groups is 1. The van der Waals surface area contributed by atoms with E-state index in [1.807, 2.05) is 0 Å². The lowest BCUT2D eigenvalue weighted by atomic mass is 10.0. The van der Waals surface area contributed by atoms with Gasteiger partial charge in [-0.1, -0.05) is 115 Å². The molecule has 0 saturated carbocycles. The fourth-order valence-corrected chi connectivity index (χ4v) is 3.67. The van der Waals surface area contributed by atoms with Gasteiger partial charge in [0.25, 0.3) is 0 Å². The molecule has 6 heteroatoms. The first-order chi connectivity index (χ1) is 11.1. The Morgan fingerprint density at radius 3 is 1.29 bits per heavy atom. The Bertz CT molecular complexity index is 288. The summed E-state index contributed by atoms with van der Waals surface area (Å²) in [6.45, 7) is 2.83. The monoisotopic (exact) mass is 399 g/mol. The van der Waals surface area contributed by atoms with Gasteiger partial charge in [-0.2, -0.15) is 0 Å². The van der Waals surface area contributed by atoms with E-state index in [0.717, 1.165) is 6.42 Å². The van der Waals surface area contributed by atoms with E-state index in [1.165, 1.54) is 96.3 Å². The van der Waals surface area contributed by atoms with Crippen molar-refractivity contribution in [2.24, 2.45) is 0 Å². The highest BCUT2D eigenvalue weighted by atomic mass is 32.9. The van der Waals surface area contributed by atoms with E-state index in [0.29, 0.717) is 6.61 Å². The summed E-state index contributed by atoms with van der Waals surface area (Å²) in [6.07, 6.45) is 21.7. The average molecular weight is 400 g/mol. The first-order valence-electron chi connectivity index (χ1n) is 9.76. The molecule has 0 radical (unpaired) electrons. The summed E-state index contributed by atoms with van der Waals surface area (Å²) in [5.41, 5.74) is -2.73. The van der Waals surface area contributed by atoms with Crippen LogP contribution < -0.4 is 6.15 Å². The highest BCUT2D eigenvalue weighted by Crippen LogP contribution is 2.47. The van der Waals surface area contributed by atoms with Crippen LogP contribution in [0, 0.1) is 0 Å². The first kappa shape index (κ1) is 27.1. The molecule has 0 aliphatic carbocycles. The van der Waals surface area contributed by atoms with Gasteiger partial charge in [0.15, 0.2) is 0 Å². The summed E-state index contributed by atoms with van der Waals surface area (Å²) >= 11 is 8.55. The zero-order valence-electron chi connectivity index (χ0n) is 15.9. The van der Waals surface area contributed by atoms with Crippen molar-refractivity contribution in [2.45, 2.75) is 110 Å². The van der Waals surface area contributed by atoms with Crippen molar-refractivity contribution in [3.05, 3.63) is 0 Å². The molecule has 0 aromatic carbocycles. The molecule has 0 amide bonds. The third-order valence-electron chi connectivity index (χ3n) is 4.26. The molecule has 1 unspecified atom stereocenters. The molecule has 4 N–H and O–H groups in total. The van der Waals surface area contributed by atoms with Crippen LogP contribution in [0.1, 0.15) is 110 Å². The quantitative estimate of drug-likeness (QED) is 0.126. The smallest absolute Gasteiger partial charge is 0.241 e. The van der Waals surface area contributed by atoms with Gasteiger partial charge < -0.3 is 15.6 Å². The molecule has 1 atom stereocenters. The van der Waals surface area contributed by atoms with Crippen LogP contribution in [-0.4, -0.2) is 11.5 Å². The van der Waals surface area contributed by atoms with Crippen molar-refractivity contribution >= 4 is 29.7 Å². The summed E-state index contributed by atoms with van der Waals surface area (Å²) in [5.74, 6) is 0. The second-order valence-corrected chi connectivity index (χ2v) is 11.8. The Morgan fingerprint density at radius 2 is 1.00 bits per heavy atom.